The molecule has 0 saturated heterocycles. The lowest BCUT2D eigenvalue weighted by Gasteiger charge is -2.27. The first kappa shape index (κ1) is 47.1. The highest BCUT2D eigenvalue weighted by molar-refractivity contribution is 7.92. The zero-order chi connectivity index (χ0) is 46.7. The Morgan fingerprint density at radius 3 is 0.597 bits per heavy atom. The fourth-order valence-electron chi connectivity index (χ4n) is 9.22. The summed E-state index contributed by atoms with van der Waals surface area (Å²) in [6, 6.07) is 7.11. The van der Waals surface area contributed by atoms with Crippen LogP contribution in [-0.2, 0) is 39.3 Å². The van der Waals surface area contributed by atoms with Crippen LogP contribution in [0.25, 0.3) is 53.9 Å². The second-order valence-corrected chi connectivity index (χ2v) is 25.3. The first-order chi connectivity index (χ1) is 28.5. The maximum atomic E-state index is 14.5. The standard InChI is InChI=1S/C46H56O12S4/c1-21(2)25-17-29-33-30-18-26(22(3)4)41(57-11)45(61(15,51)52)37(30)38-32(20-28(24(7)8)42(58-12)46(38)62(16,53)54)34(33)31-19-27(23(5)6)40(56-10)44(60(14,49)50)36(31)35(29)43(39(25)55-9)59(13,47)48/h17-24H,1-16H3. The topological polar surface area (TPSA) is 173 Å². The minimum absolute atomic E-state index is 0.0229. The number of ether oxygens (including phenoxy) is 4. The van der Waals surface area contributed by atoms with Crippen LogP contribution in [-0.4, -0.2) is 87.1 Å². The van der Waals surface area contributed by atoms with E-state index in [1.807, 2.05) is 55.4 Å². The average molecular weight is 929 g/mol. The van der Waals surface area contributed by atoms with Crippen molar-refractivity contribution in [1.29, 1.82) is 0 Å². The molecule has 16 heteroatoms. The third-order valence-corrected chi connectivity index (χ3v) is 16.2. The number of sulfone groups is 4. The van der Waals surface area contributed by atoms with E-state index in [2.05, 4.69) is 0 Å². The molecule has 0 fully saturated rings. The summed E-state index contributed by atoms with van der Waals surface area (Å²) in [7, 11) is -11.7. The van der Waals surface area contributed by atoms with Crippen LogP contribution in [0.15, 0.2) is 43.8 Å². The number of fused-ring (bicyclic) bond motifs is 11. The van der Waals surface area contributed by atoms with E-state index >= 15 is 0 Å². The van der Waals surface area contributed by atoms with Crippen LogP contribution in [0.2, 0.25) is 0 Å². The first-order valence-electron chi connectivity index (χ1n) is 20.1. The Hall–Kier alpha value is -4.38. The molecule has 6 aromatic carbocycles. The van der Waals surface area contributed by atoms with Crippen LogP contribution in [0.5, 0.6) is 23.0 Å². The Bertz CT molecular complexity index is 2930. The number of benzene rings is 6. The van der Waals surface area contributed by atoms with E-state index in [0.29, 0.717) is 33.0 Å². The van der Waals surface area contributed by atoms with Crippen LogP contribution < -0.4 is 18.9 Å². The van der Waals surface area contributed by atoms with Gasteiger partial charge < -0.3 is 18.9 Å². The summed E-state index contributed by atoms with van der Waals surface area (Å²) in [5.41, 5.74) is 1.93. The summed E-state index contributed by atoms with van der Waals surface area (Å²) in [5, 5.41) is 1.93. The Balaban J connectivity index is 2.42. The summed E-state index contributed by atoms with van der Waals surface area (Å²) >= 11 is 0. The largest absolute Gasteiger partial charge is 0.495 e. The van der Waals surface area contributed by atoms with Gasteiger partial charge in [-0.3, -0.25) is 0 Å². The molecule has 0 spiro atoms. The summed E-state index contributed by atoms with van der Waals surface area (Å²) < 4.78 is 140. The van der Waals surface area contributed by atoms with Crippen LogP contribution in [0.4, 0.5) is 0 Å². The van der Waals surface area contributed by atoms with Crippen LogP contribution in [0, 0.1) is 0 Å². The molecule has 6 aromatic rings. The van der Waals surface area contributed by atoms with Gasteiger partial charge in [-0.25, -0.2) is 33.7 Å². The molecular formula is C46H56O12S4. The molecule has 0 amide bonds. The molecule has 0 aliphatic heterocycles. The third kappa shape index (κ3) is 7.22. The second-order valence-electron chi connectivity index (χ2n) is 17.5. The maximum Gasteiger partial charge on any atom is 0.179 e. The van der Waals surface area contributed by atoms with Crippen LogP contribution in [0.3, 0.4) is 0 Å². The van der Waals surface area contributed by atoms with Gasteiger partial charge in [0.2, 0.25) is 0 Å². The van der Waals surface area contributed by atoms with Crippen LogP contribution >= 0.6 is 0 Å². The van der Waals surface area contributed by atoms with Gasteiger partial charge >= 0.3 is 0 Å². The molecule has 12 nitrogen and oxygen atoms in total. The minimum atomic E-state index is -4.28. The maximum absolute atomic E-state index is 14.5. The van der Waals surface area contributed by atoms with Crippen molar-refractivity contribution >= 4 is 93.2 Å². The average Bonchev–Trinajstić information content (AvgIpc) is 3.15. The van der Waals surface area contributed by atoms with Crippen molar-refractivity contribution in [2.45, 2.75) is 98.6 Å². The van der Waals surface area contributed by atoms with E-state index in [-0.39, 0.29) is 109 Å². The summed E-state index contributed by atoms with van der Waals surface area (Å²) in [4.78, 5) is -1.05. The first-order valence-corrected chi connectivity index (χ1v) is 27.6. The van der Waals surface area contributed by atoms with E-state index in [4.69, 9.17) is 18.9 Å². The van der Waals surface area contributed by atoms with E-state index in [9.17, 15) is 33.7 Å². The van der Waals surface area contributed by atoms with E-state index in [0.717, 1.165) is 25.0 Å². The van der Waals surface area contributed by atoms with Crippen molar-refractivity contribution in [1.82, 2.24) is 0 Å². The van der Waals surface area contributed by atoms with E-state index in [1.54, 1.807) is 24.3 Å². The Kier molecular flexibility index (Phi) is 11.9. The number of hydrogen-bond donors (Lipinski definition) is 0. The van der Waals surface area contributed by atoms with Gasteiger partial charge in [0, 0.05) is 46.6 Å². The fourth-order valence-corrected chi connectivity index (χ4v) is 13.7. The summed E-state index contributed by atoms with van der Waals surface area (Å²) in [6.07, 6.45) is 4.13. The van der Waals surface area contributed by atoms with Crippen molar-refractivity contribution in [3.63, 3.8) is 0 Å². The zero-order valence-corrected chi connectivity index (χ0v) is 41.4. The smallest absolute Gasteiger partial charge is 0.179 e. The van der Waals surface area contributed by atoms with Gasteiger partial charge in [-0.05, 0) is 103 Å². The fraction of sp³-hybridized carbons (Fsp3) is 0.435. The molecule has 0 bridgehead atoms. The van der Waals surface area contributed by atoms with Gasteiger partial charge in [0.25, 0.3) is 0 Å². The SMILES string of the molecule is COc1c(C(C)C)cc2c(c1S(C)(=O)=O)c1c(S(C)(=O)=O)c(OC)c(C(C)C)cc1c1c3cc(C(C)C)c(OC)c(S(C)(=O)=O)c3c3c(S(C)(=O)=O)c(OC)c(C(C)C)cc3c21. The molecule has 0 atom stereocenters. The molecule has 0 aromatic heterocycles. The Morgan fingerprint density at radius 1 is 0.323 bits per heavy atom. The lowest BCUT2D eigenvalue weighted by atomic mass is 9.82. The van der Waals surface area contributed by atoms with Gasteiger partial charge in [-0.15, -0.1) is 0 Å². The number of hydrogen-bond acceptors (Lipinski definition) is 12. The molecule has 0 aliphatic rings. The van der Waals surface area contributed by atoms with Gasteiger partial charge in [0.05, 0.1) is 28.4 Å². The molecule has 62 heavy (non-hydrogen) atoms. The van der Waals surface area contributed by atoms with E-state index in [1.165, 1.54) is 28.4 Å². The van der Waals surface area contributed by atoms with Gasteiger partial charge in [-0.2, -0.15) is 0 Å². The molecule has 0 heterocycles. The Labute approximate surface area is 365 Å². The summed E-state index contributed by atoms with van der Waals surface area (Å²) in [5.74, 6) is -1.26. The zero-order valence-electron chi connectivity index (χ0n) is 38.2. The monoisotopic (exact) mass is 928 g/mol. The van der Waals surface area contributed by atoms with Crippen molar-refractivity contribution < 1.29 is 52.6 Å². The van der Waals surface area contributed by atoms with Crippen molar-refractivity contribution in [2.75, 3.05) is 53.5 Å². The molecule has 0 N–H and O–H groups in total. The molecule has 0 saturated carbocycles. The highest BCUT2D eigenvalue weighted by Crippen LogP contribution is 2.56. The van der Waals surface area contributed by atoms with Gasteiger partial charge in [-0.1, -0.05) is 55.4 Å². The highest BCUT2D eigenvalue weighted by atomic mass is 32.2. The number of methoxy groups -OCH3 is 4. The molecule has 0 radical (unpaired) electrons. The molecule has 6 rings (SSSR count). The molecular weight excluding hydrogens is 873 g/mol. The van der Waals surface area contributed by atoms with Crippen molar-refractivity contribution in [3.8, 4) is 23.0 Å². The highest BCUT2D eigenvalue weighted by Gasteiger charge is 2.37. The normalized spacial score (nSPS) is 13.3. The minimum Gasteiger partial charge on any atom is -0.495 e. The Morgan fingerprint density at radius 2 is 0.484 bits per heavy atom. The quantitative estimate of drug-likeness (QED) is 0.107. The summed E-state index contributed by atoms with van der Waals surface area (Å²) in [6.45, 7) is 15.0. The lowest BCUT2D eigenvalue weighted by Crippen LogP contribution is -2.11. The third-order valence-electron chi connectivity index (χ3n) is 11.7. The molecule has 336 valence electrons. The van der Waals surface area contributed by atoms with Crippen molar-refractivity contribution in [3.05, 3.63) is 46.5 Å². The van der Waals surface area contributed by atoms with Gasteiger partial charge in [0.15, 0.2) is 39.3 Å². The second kappa shape index (κ2) is 15.7. The molecule has 0 aliphatic carbocycles. The lowest BCUT2D eigenvalue weighted by molar-refractivity contribution is 0.396. The molecule has 0 unspecified atom stereocenters. The van der Waals surface area contributed by atoms with E-state index < -0.39 is 39.3 Å². The number of rotatable bonds is 12. The van der Waals surface area contributed by atoms with Gasteiger partial charge in [0.1, 0.15) is 42.6 Å². The predicted octanol–water partition coefficient (Wildman–Crippen LogP) is 9.59. The predicted molar refractivity (Wildman–Crippen MR) is 249 cm³/mol. The van der Waals surface area contributed by atoms with Crippen LogP contribution in [0.1, 0.15) is 101 Å². The van der Waals surface area contributed by atoms with Crippen molar-refractivity contribution in [2.24, 2.45) is 0 Å².